The summed E-state index contributed by atoms with van der Waals surface area (Å²) in [4.78, 5) is 0. The van der Waals surface area contributed by atoms with Crippen molar-refractivity contribution in [3.8, 4) is 0 Å². The second kappa shape index (κ2) is 6.96. The number of hydrogen-bond donors (Lipinski definition) is 1. The largest absolute Gasteiger partial charge is 0.378 e. The van der Waals surface area contributed by atoms with Crippen LogP contribution < -0.4 is 5.32 Å². The van der Waals surface area contributed by atoms with Gasteiger partial charge < -0.3 is 10.1 Å². The van der Waals surface area contributed by atoms with Crippen LogP contribution in [0, 0.1) is 11.6 Å². The lowest BCUT2D eigenvalue weighted by molar-refractivity contribution is 0.101. The Morgan fingerprint density at radius 3 is 2.95 bits per heavy atom. The van der Waals surface area contributed by atoms with Crippen molar-refractivity contribution in [3.05, 3.63) is 35.4 Å². The van der Waals surface area contributed by atoms with Crippen LogP contribution in [0.25, 0.3) is 0 Å². The second-order valence-electron chi connectivity index (χ2n) is 5.07. The number of benzene rings is 1. The summed E-state index contributed by atoms with van der Waals surface area (Å²) in [5, 5.41) is 3.06. The summed E-state index contributed by atoms with van der Waals surface area (Å²) < 4.78 is 32.5. The summed E-state index contributed by atoms with van der Waals surface area (Å²) in [6.45, 7) is 0.860. The Morgan fingerprint density at radius 2 is 2.26 bits per heavy atom. The molecule has 0 radical (unpaired) electrons. The smallest absolute Gasteiger partial charge is 0.128 e. The Balaban J connectivity index is 1.89. The minimum Gasteiger partial charge on any atom is -0.378 e. The second-order valence-corrected chi connectivity index (χ2v) is 5.07. The highest BCUT2D eigenvalue weighted by Gasteiger charge is 2.18. The van der Waals surface area contributed by atoms with E-state index in [4.69, 9.17) is 4.74 Å². The standard InChI is InChI=1S/C15H21F2NO/c1-18-15(6-2-4-12-5-3-9-19-12)13-10-11(16)7-8-14(13)17/h7-8,10,12,15,18H,2-6,9H2,1H3. The van der Waals surface area contributed by atoms with Gasteiger partial charge in [-0.15, -0.1) is 0 Å². The first kappa shape index (κ1) is 14.4. The van der Waals surface area contributed by atoms with Gasteiger partial charge in [0.25, 0.3) is 0 Å². The van der Waals surface area contributed by atoms with E-state index in [1.54, 1.807) is 7.05 Å². The maximum absolute atomic E-state index is 13.7. The van der Waals surface area contributed by atoms with Crippen LogP contribution >= 0.6 is 0 Å². The van der Waals surface area contributed by atoms with E-state index in [1.807, 2.05) is 0 Å². The van der Waals surface area contributed by atoms with Crippen molar-refractivity contribution in [1.82, 2.24) is 5.32 Å². The highest BCUT2D eigenvalue weighted by molar-refractivity contribution is 5.22. The summed E-state index contributed by atoms with van der Waals surface area (Å²) in [5.74, 6) is -0.742. The van der Waals surface area contributed by atoms with Gasteiger partial charge in [-0.1, -0.05) is 0 Å². The molecule has 1 heterocycles. The molecular formula is C15H21F2NO. The molecule has 1 N–H and O–H groups in total. The van der Waals surface area contributed by atoms with Crippen molar-refractivity contribution < 1.29 is 13.5 Å². The van der Waals surface area contributed by atoms with Crippen LogP contribution in [0.15, 0.2) is 18.2 Å². The van der Waals surface area contributed by atoms with Gasteiger partial charge in [-0.05, 0) is 57.4 Å². The van der Waals surface area contributed by atoms with Crippen LogP contribution in [0.3, 0.4) is 0 Å². The molecule has 2 atom stereocenters. The molecule has 0 aliphatic carbocycles. The summed E-state index contributed by atoms with van der Waals surface area (Å²) >= 11 is 0. The van der Waals surface area contributed by atoms with Gasteiger partial charge in [0.15, 0.2) is 0 Å². The summed E-state index contributed by atoms with van der Waals surface area (Å²) in [6, 6.07) is 3.48. The Morgan fingerprint density at radius 1 is 1.42 bits per heavy atom. The minimum atomic E-state index is -0.393. The summed E-state index contributed by atoms with van der Waals surface area (Å²) in [7, 11) is 1.78. The van der Waals surface area contributed by atoms with Crippen molar-refractivity contribution >= 4 is 0 Å². The van der Waals surface area contributed by atoms with Crippen molar-refractivity contribution in [1.29, 1.82) is 0 Å². The van der Waals surface area contributed by atoms with Crippen LogP contribution in [0.1, 0.15) is 43.7 Å². The van der Waals surface area contributed by atoms with Crippen molar-refractivity contribution in [3.63, 3.8) is 0 Å². The quantitative estimate of drug-likeness (QED) is 0.852. The van der Waals surface area contributed by atoms with E-state index in [0.29, 0.717) is 11.7 Å². The SMILES string of the molecule is CNC(CCCC1CCCO1)c1cc(F)ccc1F. The molecule has 1 aliphatic rings. The fraction of sp³-hybridized carbons (Fsp3) is 0.600. The van der Waals surface area contributed by atoms with Crippen LogP contribution in [0.2, 0.25) is 0 Å². The maximum Gasteiger partial charge on any atom is 0.128 e. The van der Waals surface area contributed by atoms with Crippen molar-refractivity contribution in [2.45, 2.75) is 44.2 Å². The molecule has 0 saturated carbocycles. The first-order valence-electron chi connectivity index (χ1n) is 6.94. The zero-order valence-electron chi connectivity index (χ0n) is 11.3. The van der Waals surface area contributed by atoms with Gasteiger partial charge in [0.1, 0.15) is 11.6 Å². The average molecular weight is 269 g/mol. The third-order valence-electron chi connectivity index (χ3n) is 3.72. The van der Waals surface area contributed by atoms with Gasteiger partial charge in [0, 0.05) is 18.2 Å². The minimum absolute atomic E-state index is 0.142. The Labute approximate surface area is 113 Å². The molecule has 1 fully saturated rings. The first-order valence-corrected chi connectivity index (χ1v) is 6.94. The molecule has 0 aromatic heterocycles. The lowest BCUT2D eigenvalue weighted by Gasteiger charge is -2.18. The number of hydrogen-bond acceptors (Lipinski definition) is 2. The normalized spacial score (nSPS) is 20.7. The molecule has 1 aromatic carbocycles. The fourth-order valence-corrected chi connectivity index (χ4v) is 2.66. The molecular weight excluding hydrogens is 248 g/mol. The highest BCUT2D eigenvalue weighted by atomic mass is 19.1. The highest BCUT2D eigenvalue weighted by Crippen LogP contribution is 2.25. The lowest BCUT2D eigenvalue weighted by Crippen LogP contribution is -2.18. The molecule has 19 heavy (non-hydrogen) atoms. The monoisotopic (exact) mass is 269 g/mol. The van der Waals surface area contributed by atoms with Crippen molar-refractivity contribution in [2.75, 3.05) is 13.7 Å². The van der Waals surface area contributed by atoms with E-state index in [-0.39, 0.29) is 11.9 Å². The Hall–Kier alpha value is -1.00. The topological polar surface area (TPSA) is 21.3 Å². The van der Waals surface area contributed by atoms with Crippen LogP contribution in [-0.4, -0.2) is 19.8 Å². The number of ether oxygens (including phenoxy) is 1. The van der Waals surface area contributed by atoms with Gasteiger partial charge >= 0.3 is 0 Å². The molecule has 0 spiro atoms. The summed E-state index contributed by atoms with van der Waals surface area (Å²) in [6.07, 6.45) is 5.35. The number of rotatable bonds is 6. The average Bonchev–Trinajstić information content (AvgIpc) is 2.91. The van der Waals surface area contributed by atoms with E-state index in [1.165, 1.54) is 12.1 Å². The fourth-order valence-electron chi connectivity index (χ4n) is 2.66. The van der Waals surface area contributed by atoms with E-state index in [2.05, 4.69) is 5.32 Å². The van der Waals surface area contributed by atoms with E-state index in [9.17, 15) is 8.78 Å². The molecule has 4 heteroatoms. The number of halogens is 2. The van der Waals surface area contributed by atoms with Gasteiger partial charge in [0.05, 0.1) is 6.10 Å². The predicted molar refractivity (Wildman–Crippen MR) is 71.0 cm³/mol. The molecule has 1 aromatic rings. The molecule has 0 amide bonds. The Bertz CT molecular complexity index is 405. The van der Waals surface area contributed by atoms with Crippen molar-refractivity contribution in [2.24, 2.45) is 0 Å². The summed E-state index contributed by atoms with van der Waals surface area (Å²) in [5.41, 5.74) is 0.412. The maximum atomic E-state index is 13.7. The molecule has 1 aliphatic heterocycles. The lowest BCUT2D eigenvalue weighted by atomic mass is 9.99. The van der Waals surface area contributed by atoms with Crippen LogP contribution in [0.5, 0.6) is 0 Å². The Kier molecular flexibility index (Phi) is 5.28. The van der Waals surface area contributed by atoms with Gasteiger partial charge in [-0.25, -0.2) is 8.78 Å². The van der Waals surface area contributed by atoms with E-state index in [0.717, 1.165) is 44.8 Å². The zero-order valence-corrected chi connectivity index (χ0v) is 11.3. The van der Waals surface area contributed by atoms with Gasteiger partial charge in [-0.2, -0.15) is 0 Å². The van der Waals surface area contributed by atoms with Crippen LogP contribution in [0.4, 0.5) is 8.78 Å². The third-order valence-corrected chi connectivity index (χ3v) is 3.72. The third kappa shape index (κ3) is 3.98. The van der Waals surface area contributed by atoms with Gasteiger partial charge in [0.2, 0.25) is 0 Å². The molecule has 2 nitrogen and oxygen atoms in total. The molecule has 2 rings (SSSR count). The van der Waals surface area contributed by atoms with Gasteiger partial charge in [-0.3, -0.25) is 0 Å². The zero-order chi connectivity index (χ0) is 13.7. The van der Waals surface area contributed by atoms with Crippen LogP contribution in [-0.2, 0) is 4.74 Å². The van der Waals surface area contributed by atoms with E-state index >= 15 is 0 Å². The predicted octanol–water partition coefficient (Wildman–Crippen LogP) is 3.57. The molecule has 0 bridgehead atoms. The molecule has 106 valence electrons. The first-order chi connectivity index (χ1) is 9.20. The van der Waals surface area contributed by atoms with E-state index < -0.39 is 5.82 Å². The molecule has 2 unspecified atom stereocenters. The number of nitrogens with one attached hydrogen (secondary N) is 1. The molecule has 1 saturated heterocycles.